The summed E-state index contributed by atoms with van der Waals surface area (Å²) in [6.07, 6.45) is 4.80. The molecule has 0 radical (unpaired) electrons. The molecule has 1 amide bonds. The average molecular weight is 329 g/mol. The van der Waals surface area contributed by atoms with Crippen LogP contribution in [0, 0.1) is 6.92 Å². The number of hydrogen-bond donors (Lipinski definition) is 1. The van der Waals surface area contributed by atoms with Gasteiger partial charge in [-0.3, -0.25) is 9.78 Å². The molecule has 0 aliphatic rings. The maximum atomic E-state index is 12.7. The summed E-state index contributed by atoms with van der Waals surface area (Å²) in [5, 5.41) is 7.98. The summed E-state index contributed by atoms with van der Waals surface area (Å²) < 4.78 is 1.61. The van der Waals surface area contributed by atoms with E-state index in [4.69, 9.17) is 0 Å². The smallest absolute Gasteiger partial charge is 0.255 e. The second-order valence-electron chi connectivity index (χ2n) is 5.67. The number of nitrogens with zero attached hydrogens (tertiary/aromatic N) is 4. The van der Waals surface area contributed by atoms with Crippen LogP contribution in [0.1, 0.15) is 15.9 Å². The van der Waals surface area contributed by atoms with Gasteiger partial charge in [-0.05, 0) is 48.9 Å². The molecule has 0 atom stereocenters. The Morgan fingerprint density at radius 2 is 2.04 bits per heavy atom. The first-order valence-corrected chi connectivity index (χ1v) is 7.83. The summed E-state index contributed by atoms with van der Waals surface area (Å²) in [4.78, 5) is 21.0. The molecule has 4 rings (SSSR count). The SMILES string of the molecule is Cc1ccc(NC(=O)c2cccc(-n3cncn3)c2)c2cccnc12. The average Bonchev–Trinajstić information content (AvgIpc) is 3.19. The molecule has 122 valence electrons. The fourth-order valence-electron chi connectivity index (χ4n) is 2.75. The first-order chi connectivity index (χ1) is 12.2. The summed E-state index contributed by atoms with van der Waals surface area (Å²) in [5.74, 6) is -0.184. The van der Waals surface area contributed by atoms with Crippen molar-refractivity contribution in [1.29, 1.82) is 0 Å². The van der Waals surface area contributed by atoms with Crippen molar-refractivity contribution in [2.75, 3.05) is 5.32 Å². The van der Waals surface area contributed by atoms with Crippen LogP contribution in [-0.2, 0) is 0 Å². The summed E-state index contributed by atoms with van der Waals surface area (Å²) in [6, 6.07) is 14.9. The van der Waals surface area contributed by atoms with E-state index in [-0.39, 0.29) is 5.91 Å². The van der Waals surface area contributed by atoms with Crippen LogP contribution in [0.2, 0.25) is 0 Å². The number of carbonyl (C=O) groups excluding carboxylic acids is 1. The standard InChI is InChI=1S/C19H15N5O/c1-13-7-8-17(16-6-3-9-21-18(13)16)23-19(25)14-4-2-5-15(10-14)24-12-20-11-22-24/h2-12H,1H3,(H,23,25). The van der Waals surface area contributed by atoms with E-state index in [1.54, 1.807) is 29.3 Å². The Morgan fingerprint density at radius 1 is 1.12 bits per heavy atom. The van der Waals surface area contributed by atoms with Gasteiger partial charge in [0.2, 0.25) is 0 Å². The number of anilines is 1. The molecule has 25 heavy (non-hydrogen) atoms. The molecular weight excluding hydrogens is 314 g/mol. The number of amides is 1. The molecule has 0 fully saturated rings. The highest BCUT2D eigenvalue weighted by Crippen LogP contribution is 2.25. The Bertz CT molecular complexity index is 1060. The molecule has 0 spiro atoms. The Labute approximate surface area is 144 Å². The topological polar surface area (TPSA) is 72.7 Å². The van der Waals surface area contributed by atoms with E-state index >= 15 is 0 Å². The third-order valence-corrected chi connectivity index (χ3v) is 4.01. The molecule has 0 saturated heterocycles. The predicted molar refractivity (Wildman–Crippen MR) is 95.8 cm³/mol. The molecule has 4 aromatic rings. The third kappa shape index (κ3) is 2.85. The maximum Gasteiger partial charge on any atom is 0.255 e. The highest BCUT2D eigenvalue weighted by atomic mass is 16.1. The molecule has 0 bridgehead atoms. The van der Waals surface area contributed by atoms with E-state index in [2.05, 4.69) is 20.4 Å². The largest absolute Gasteiger partial charge is 0.321 e. The van der Waals surface area contributed by atoms with Gasteiger partial charge in [0.15, 0.2) is 0 Å². The molecule has 2 aromatic carbocycles. The van der Waals surface area contributed by atoms with Crippen LogP contribution in [0.5, 0.6) is 0 Å². The van der Waals surface area contributed by atoms with Crippen LogP contribution < -0.4 is 5.32 Å². The van der Waals surface area contributed by atoms with Gasteiger partial charge in [-0.15, -0.1) is 0 Å². The molecule has 6 nitrogen and oxygen atoms in total. The van der Waals surface area contributed by atoms with E-state index in [9.17, 15) is 4.79 Å². The highest BCUT2D eigenvalue weighted by Gasteiger charge is 2.11. The first-order valence-electron chi connectivity index (χ1n) is 7.83. The number of pyridine rings is 1. The normalized spacial score (nSPS) is 10.8. The predicted octanol–water partition coefficient (Wildman–Crippen LogP) is 3.38. The van der Waals surface area contributed by atoms with Crippen molar-refractivity contribution in [3.63, 3.8) is 0 Å². The van der Waals surface area contributed by atoms with Crippen LogP contribution in [0.15, 0.2) is 67.4 Å². The molecular formula is C19H15N5O. The minimum atomic E-state index is -0.184. The second-order valence-corrected chi connectivity index (χ2v) is 5.67. The van der Waals surface area contributed by atoms with Gasteiger partial charge in [0.1, 0.15) is 12.7 Å². The highest BCUT2D eigenvalue weighted by molar-refractivity contribution is 6.09. The van der Waals surface area contributed by atoms with E-state index < -0.39 is 0 Å². The summed E-state index contributed by atoms with van der Waals surface area (Å²) in [7, 11) is 0. The number of carbonyl (C=O) groups is 1. The van der Waals surface area contributed by atoms with Crippen LogP contribution in [0.3, 0.4) is 0 Å². The number of hydrogen-bond acceptors (Lipinski definition) is 4. The molecule has 0 aliphatic carbocycles. The molecule has 2 heterocycles. The van der Waals surface area contributed by atoms with Gasteiger partial charge in [-0.1, -0.05) is 12.1 Å². The molecule has 0 aliphatic heterocycles. The van der Waals surface area contributed by atoms with Crippen molar-refractivity contribution in [2.45, 2.75) is 6.92 Å². The molecule has 1 N–H and O–H groups in total. The number of fused-ring (bicyclic) bond motifs is 1. The molecule has 0 saturated carbocycles. The van der Waals surface area contributed by atoms with Crippen molar-refractivity contribution in [1.82, 2.24) is 19.7 Å². The first kappa shape index (κ1) is 15.0. The van der Waals surface area contributed by atoms with Gasteiger partial charge < -0.3 is 5.32 Å². The molecule has 0 unspecified atom stereocenters. The lowest BCUT2D eigenvalue weighted by atomic mass is 10.1. The summed E-state index contributed by atoms with van der Waals surface area (Å²) >= 11 is 0. The number of benzene rings is 2. The van der Waals surface area contributed by atoms with Gasteiger partial charge in [0.05, 0.1) is 16.9 Å². The number of aromatic nitrogens is 4. The van der Waals surface area contributed by atoms with Crippen LogP contribution in [0.4, 0.5) is 5.69 Å². The zero-order valence-electron chi connectivity index (χ0n) is 13.5. The van der Waals surface area contributed by atoms with Gasteiger partial charge in [0.25, 0.3) is 5.91 Å². The fourth-order valence-corrected chi connectivity index (χ4v) is 2.75. The Kier molecular flexibility index (Phi) is 3.70. The Hall–Kier alpha value is -3.54. The lowest BCUT2D eigenvalue weighted by Gasteiger charge is -2.10. The summed E-state index contributed by atoms with van der Waals surface area (Å²) in [5.41, 5.74) is 4.02. The second kappa shape index (κ2) is 6.16. The quantitative estimate of drug-likeness (QED) is 0.625. The van der Waals surface area contributed by atoms with Crippen LogP contribution >= 0.6 is 0 Å². The minimum Gasteiger partial charge on any atom is -0.321 e. The number of aryl methyl sites for hydroxylation is 1. The zero-order valence-corrected chi connectivity index (χ0v) is 13.5. The lowest BCUT2D eigenvalue weighted by molar-refractivity contribution is 0.102. The monoisotopic (exact) mass is 329 g/mol. The molecule has 2 aromatic heterocycles. The van der Waals surface area contributed by atoms with Gasteiger partial charge in [0, 0.05) is 17.1 Å². The van der Waals surface area contributed by atoms with Gasteiger partial charge in [-0.2, -0.15) is 5.10 Å². The Balaban J connectivity index is 1.67. The van der Waals surface area contributed by atoms with E-state index in [1.165, 1.54) is 6.33 Å². The van der Waals surface area contributed by atoms with Crippen molar-refractivity contribution < 1.29 is 4.79 Å². The van der Waals surface area contributed by atoms with Crippen molar-refractivity contribution >= 4 is 22.5 Å². The van der Waals surface area contributed by atoms with Crippen LogP contribution in [0.25, 0.3) is 16.6 Å². The van der Waals surface area contributed by atoms with Crippen LogP contribution in [-0.4, -0.2) is 25.7 Å². The maximum absolute atomic E-state index is 12.7. The van der Waals surface area contributed by atoms with E-state index in [0.29, 0.717) is 5.56 Å². The van der Waals surface area contributed by atoms with E-state index in [1.807, 2.05) is 43.3 Å². The number of rotatable bonds is 3. The lowest BCUT2D eigenvalue weighted by Crippen LogP contribution is -2.13. The zero-order chi connectivity index (χ0) is 17.2. The van der Waals surface area contributed by atoms with Gasteiger partial charge >= 0.3 is 0 Å². The minimum absolute atomic E-state index is 0.184. The van der Waals surface area contributed by atoms with Gasteiger partial charge in [-0.25, -0.2) is 9.67 Å². The Morgan fingerprint density at radius 3 is 2.88 bits per heavy atom. The summed E-state index contributed by atoms with van der Waals surface area (Å²) in [6.45, 7) is 2.00. The fraction of sp³-hybridized carbons (Fsp3) is 0.0526. The van der Waals surface area contributed by atoms with Crippen molar-refractivity contribution in [2.24, 2.45) is 0 Å². The van der Waals surface area contributed by atoms with Crippen molar-refractivity contribution in [3.05, 3.63) is 78.5 Å². The molecule has 6 heteroatoms. The van der Waals surface area contributed by atoms with E-state index in [0.717, 1.165) is 27.8 Å². The van der Waals surface area contributed by atoms with Crippen molar-refractivity contribution in [3.8, 4) is 5.69 Å². The number of nitrogens with one attached hydrogen (secondary N) is 1. The third-order valence-electron chi connectivity index (χ3n) is 4.01.